The van der Waals surface area contributed by atoms with Gasteiger partial charge in [-0.1, -0.05) is 0 Å². The van der Waals surface area contributed by atoms with Crippen LogP contribution in [0, 0.1) is 0 Å². The van der Waals surface area contributed by atoms with Crippen molar-refractivity contribution in [2.24, 2.45) is 5.73 Å². The molecule has 92 valence electrons. The van der Waals surface area contributed by atoms with E-state index in [1.807, 2.05) is 0 Å². The van der Waals surface area contributed by atoms with Crippen molar-refractivity contribution >= 4 is 26.9 Å². The van der Waals surface area contributed by atoms with Crippen LogP contribution < -0.4 is 11.1 Å². The molecule has 0 saturated heterocycles. The molecule has 0 aliphatic heterocycles. The summed E-state index contributed by atoms with van der Waals surface area (Å²) in [5.74, 6) is 0. The van der Waals surface area contributed by atoms with E-state index in [1.165, 1.54) is 6.20 Å². The molecule has 0 saturated carbocycles. The van der Waals surface area contributed by atoms with Gasteiger partial charge in [0.05, 0.1) is 5.52 Å². The number of nitrogens with one attached hydrogen (secondary N) is 1. The van der Waals surface area contributed by atoms with Crippen LogP contribution in [0.5, 0.6) is 0 Å². The second-order valence-electron chi connectivity index (χ2n) is 3.58. The number of aromatic nitrogens is 1. The van der Waals surface area contributed by atoms with Gasteiger partial charge in [0, 0.05) is 30.4 Å². The molecular formula is C10H13N3O3S. The molecule has 4 N–H and O–H groups in total. The lowest BCUT2D eigenvalue weighted by Gasteiger charge is -2.05. The Labute approximate surface area is 98.9 Å². The molecule has 0 bridgehead atoms. The smallest absolute Gasteiger partial charge is 0.363 e. The number of fused-ring (bicyclic) bond motifs is 1. The average molecular weight is 255 g/mol. The topological polar surface area (TPSA) is 97.4 Å². The molecule has 1 aromatic heterocycles. The Hall–Kier alpha value is -1.57. The van der Waals surface area contributed by atoms with Crippen LogP contribution in [0.15, 0.2) is 30.5 Å². The molecule has 6 nitrogen and oxygen atoms in total. The largest absolute Gasteiger partial charge is 0.384 e. The van der Waals surface area contributed by atoms with E-state index in [2.05, 4.69) is 5.32 Å². The summed E-state index contributed by atoms with van der Waals surface area (Å²) >= 11 is 0. The van der Waals surface area contributed by atoms with Crippen LogP contribution in [0.1, 0.15) is 0 Å². The summed E-state index contributed by atoms with van der Waals surface area (Å²) in [6.45, 7) is 1.16. The van der Waals surface area contributed by atoms with Gasteiger partial charge in [0.25, 0.3) is 0 Å². The average Bonchev–Trinajstić information content (AvgIpc) is 2.68. The van der Waals surface area contributed by atoms with Crippen molar-refractivity contribution in [3.8, 4) is 0 Å². The number of benzene rings is 1. The fourth-order valence-corrected chi connectivity index (χ4v) is 2.27. The molecule has 0 fully saturated rings. The SMILES string of the molecule is NCCNc1ccc2c(ccn2S(=O)(=O)O)c1. The standard InChI is InChI=1S/C10H13N3O3S/c11-4-5-12-9-1-2-10-8(7-9)3-6-13(10)17(14,15)16/h1-3,6-7,12H,4-5,11H2,(H,14,15,16). The van der Waals surface area contributed by atoms with Crippen molar-refractivity contribution in [1.29, 1.82) is 0 Å². The Balaban J connectivity index is 2.45. The first-order valence-corrected chi connectivity index (χ1v) is 6.45. The molecule has 0 atom stereocenters. The van der Waals surface area contributed by atoms with Crippen LogP contribution in [0.3, 0.4) is 0 Å². The van der Waals surface area contributed by atoms with Gasteiger partial charge in [-0.25, -0.2) is 3.97 Å². The maximum atomic E-state index is 11.1. The van der Waals surface area contributed by atoms with Crippen LogP contribution in [-0.2, 0) is 10.3 Å². The quantitative estimate of drug-likeness (QED) is 0.697. The zero-order chi connectivity index (χ0) is 12.5. The van der Waals surface area contributed by atoms with Crippen molar-refractivity contribution in [3.63, 3.8) is 0 Å². The summed E-state index contributed by atoms with van der Waals surface area (Å²) < 4.78 is 31.9. The van der Waals surface area contributed by atoms with Gasteiger partial charge in [-0.3, -0.25) is 4.55 Å². The molecule has 1 aromatic carbocycles. The minimum Gasteiger partial charge on any atom is -0.384 e. The molecule has 0 aliphatic rings. The van der Waals surface area contributed by atoms with Gasteiger partial charge in [-0.05, 0) is 24.3 Å². The highest BCUT2D eigenvalue weighted by Crippen LogP contribution is 2.21. The molecule has 17 heavy (non-hydrogen) atoms. The molecule has 0 unspecified atom stereocenters. The molecule has 0 radical (unpaired) electrons. The van der Waals surface area contributed by atoms with E-state index < -0.39 is 10.3 Å². The van der Waals surface area contributed by atoms with Gasteiger partial charge < -0.3 is 11.1 Å². The van der Waals surface area contributed by atoms with Crippen LogP contribution in [-0.4, -0.2) is 30.0 Å². The molecule has 2 rings (SSSR count). The second kappa shape index (κ2) is 4.36. The number of nitrogens with two attached hydrogens (primary N) is 1. The summed E-state index contributed by atoms with van der Waals surface area (Å²) in [4.78, 5) is 0. The van der Waals surface area contributed by atoms with E-state index in [-0.39, 0.29) is 0 Å². The predicted molar refractivity (Wildman–Crippen MR) is 66.4 cm³/mol. The van der Waals surface area contributed by atoms with Crippen molar-refractivity contribution < 1.29 is 13.0 Å². The molecule has 0 aliphatic carbocycles. The Morgan fingerprint density at radius 2 is 2.12 bits per heavy atom. The molecule has 2 aromatic rings. The monoisotopic (exact) mass is 255 g/mol. The van der Waals surface area contributed by atoms with Crippen molar-refractivity contribution in [2.75, 3.05) is 18.4 Å². The van der Waals surface area contributed by atoms with Gasteiger partial charge in [-0.2, -0.15) is 8.42 Å². The molecule has 0 amide bonds. The molecule has 7 heteroatoms. The maximum Gasteiger partial charge on any atom is 0.363 e. The number of hydrogen-bond donors (Lipinski definition) is 3. The number of nitrogens with zero attached hydrogens (tertiary/aromatic N) is 1. The molecular weight excluding hydrogens is 242 g/mol. The second-order valence-corrected chi connectivity index (χ2v) is 4.87. The number of rotatable bonds is 4. The van der Waals surface area contributed by atoms with E-state index in [9.17, 15) is 8.42 Å². The summed E-state index contributed by atoms with van der Waals surface area (Å²) in [6, 6.07) is 6.78. The zero-order valence-electron chi connectivity index (χ0n) is 9.00. The van der Waals surface area contributed by atoms with Crippen LogP contribution in [0.2, 0.25) is 0 Å². The third kappa shape index (κ3) is 2.41. The van der Waals surface area contributed by atoms with Gasteiger partial charge in [0.15, 0.2) is 0 Å². The van der Waals surface area contributed by atoms with Gasteiger partial charge in [0.1, 0.15) is 0 Å². The van der Waals surface area contributed by atoms with E-state index >= 15 is 0 Å². The van der Waals surface area contributed by atoms with E-state index in [0.717, 1.165) is 15.0 Å². The van der Waals surface area contributed by atoms with E-state index in [1.54, 1.807) is 24.3 Å². The lowest BCUT2D eigenvalue weighted by Crippen LogP contribution is -2.13. The van der Waals surface area contributed by atoms with Crippen LogP contribution in [0.4, 0.5) is 5.69 Å². The summed E-state index contributed by atoms with van der Waals surface area (Å²) in [5.41, 5.74) is 6.66. The lowest BCUT2D eigenvalue weighted by atomic mass is 10.2. The van der Waals surface area contributed by atoms with Crippen molar-refractivity contribution in [2.45, 2.75) is 0 Å². The number of hydrogen-bond acceptors (Lipinski definition) is 4. The van der Waals surface area contributed by atoms with Crippen LogP contribution in [0.25, 0.3) is 10.9 Å². The van der Waals surface area contributed by atoms with Gasteiger partial charge >= 0.3 is 10.3 Å². The van der Waals surface area contributed by atoms with Gasteiger partial charge in [0.2, 0.25) is 0 Å². The Kier molecular flexibility index (Phi) is 3.05. The van der Waals surface area contributed by atoms with Crippen molar-refractivity contribution in [3.05, 3.63) is 30.5 Å². The van der Waals surface area contributed by atoms with Gasteiger partial charge in [-0.15, -0.1) is 0 Å². The first kappa shape index (κ1) is 11.9. The summed E-state index contributed by atoms with van der Waals surface area (Å²) in [6.07, 6.45) is 1.31. The molecule has 0 spiro atoms. The van der Waals surface area contributed by atoms with E-state index in [0.29, 0.717) is 18.6 Å². The highest BCUT2D eigenvalue weighted by Gasteiger charge is 2.11. The summed E-state index contributed by atoms with van der Waals surface area (Å²) in [5, 5.41) is 3.81. The summed E-state index contributed by atoms with van der Waals surface area (Å²) in [7, 11) is -4.24. The third-order valence-corrected chi connectivity index (χ3v) is 3.19. The fourth-order valence-electron chi connectivity index (χ4n) is 1.64. The first-order valence-electron chi connectivity index (χ1n) is 5.05. The highest BCUT2D eigenvalue weighted by molar-refractivity contribution is 7.84. The van der Waals surface area contributed by atoms with E-state index in [4.69, 9.17) is 10.3 Å². The van der Waals surface area contributed by atoms with Crippen LogP contribution >= 0.6 is 0 Å². The zero-order valence-corrected chi connectivity index (χ0v) is 9.81. The Bertz CT molecular complexity index is 633. The normalized spacial score (nSPS) is 11.9. The highest BCUT2D eigenvalue weighted by atomic mass is 32.2. The number of anilines is 1. The Morgan fingerprint density at radius 1 is 1.35 bits per heavy atom. The fraction of sp³-hybridized carbons (Fsp3) is 0.200. The molecule has 1 heterocycles. The minimum absolute atomic E-state index is 0.436. The third-order valence-electron chi connectivity index (χ3n) is 2.38. The lowest BCUT2D eigenvalue weighted by molar-refractivity contribution is 0.474. The minimum atomic E-state index is -4.24. The predicted octanol–water partition coefficient (Wildman–Crippen LogP) is 0.663. The van der Waals surface area contributed by atoms with Crippen molar-refractivity contribution in [1.82, 2.24) is 3.97 Å². The Morgan fingerprint density at radius 3 is 2.76 bits per heavy atom. The maximum absolute atomic E-state index is 11.1. The first-order chi connectivity index (χ1) is 8.02.